The molecule has 5 heteroatoms. The number of hydrogen-bond acceptors (Lipinski definition) is 2. The number of hydrogen-bond donors (Lipinski definition) is 0. The molecule has 0 fully saturated rings. The number of aryl methyl sites for hydroxylation is 2. The standard InChI is InChI=1S/C22H22ClNO2S/c1-16-7-9-19(10-8-16)18(3)24(21-6-4-5-17(2)15-21)27(25,26)22-13-11-20(23)12-14-22/h4-15,18H,1-3H3/t18-/m0/s1. The van der Waals surface area contributed by atoms with Crippen LogP contribution in [-0.4, -0.2) is 8.42 Å². The van der Waals surface area contributed by atoms with E-state index in [1.54, 1.807) is 24.3 Å². The Labute approximate surface area is 166 Å². The fourth-order valence-electron chi connectivity index (χ4n) is 3.04. The zero-order chi connectivity index (χ0) is 19.6. The van der Waals surface area contributed by atoms with E-state index >= 15 is 0 Å². The Morgan fingerprint density at radius 2 is 1.48 bits per heavy atom. The van der Waals surface area contributed by atoms with E-state index in [2.05, 4.69) is 0 Å². The molecule has 0 heterocycles. The molecule has 0 saturated heterocycles. The van der Waals surface area contributed by atoms with Crippen LogP contribution in [0.2, 0.25) is 5.02 Å². The predicted molar refractivity (Wildman–Crippen MR) is 112 cm³/mol. The fourth-order valence-corrected chi connectivity index (χ4v) is 4.80. The van der Waals surface area contributed by atoms with Crippen molar-refractivity contribution in [1.82, 2.24) is 0 Å². The monoisotopic (exact) mass is 399 g/mol. The van der Waals surface area contributed by atoms with Crippen molar-refractivity contribution in [3.63, 3.8) is 0 Å². The highest BCUT2D eigenvalue weighted by atomic mass is 35.5. The molecule has 3 aromatic carbocycles. The van der Waals surface area contributed by atoms with E-state index in [1.165, 1.54) is 4.31 Å². The van der Waals surface area contributed by atoms with E-state index in [1.807, 2.05) is 69.3 Å². The summed E-state index contributed by atoms with van der Waals surface area (Å²) in [4.78, 5) is 0.215. The van der Waals surface area contributed by atoms with Crippen LogP contribution >= 0.6 is 11.6 Å². The normalized spacial score (nSPS) is 12.6. The minimum atomic E-state index is -3.77. The molecule has 0 saturated carbocycles. The first-order chi connectivity index (χ1) is 12.8. The highest BCUT2D eigenvalue weighted by Gasteiger charge is 2.30. The largest absolute Gasteiger partial charge is 0.264 e. The van der Waals surface area contributed by atoms with Crippen molar-refractivity contribution in [3.05, 3.63) is 94.5 Å². The van der Waals surface area contributed by atoms with Crippen LogP contribution in [0.1, 0.15) is 29.7 Å². The van der Waals surface area contributed by atoms with Gasteiger partial charge in [0.25, 0.3) is 10.0 Å². The van der Waals surface area contributed by atoms with Crippen molar-refractivity contribution in [2.75, 3.05) is 4.31 Å². The average molecular weight is 400 g/mol. The second kappa shape index (κ2) is 7.75. The Morgan fingerprint density at radius 3 is 2.07 bits per heavy atom. The molecular formula is C22H22ClNO2S. The van der Waals surface area contributed by atoms with Crippen molar-refractivity contribution in [1.29, 1.82) is 0 Å². The number of sulfonamides is 1. The summed E-state index contributed by atoms with van der Waals surface area (Å²) in [6.07, 6.45) is 0. The molecule has 0 bridgehead atoms. The van der Waals surface area contributed by atoms with E-state index in [9.17, 15) is 8.42 Å². The molecule has 0 aliphatic heterocycles. The lowest BCUT2D eigenvalue weighted by atomic mass is 10.1. The van der Waals surface area contributed by atoms with Crippen LogP contribution in [0.5, 0.6) is 0 Å². The molecule has 3 rings (SSSR count). The average Bonchev–Trinajstić information content (AvgIpc) is 2.62. The lowest BCUT2D eigenvalue weighted by Gasteiger charge is -2.31. The first-order valence-electron chi connectivity index (χ1n) is 8.72. The smallest absolute Gasteiger partial charge is 0.259 e. The van der Waals surface area contributed by atoms with E-state index in [4.69, 9.17) is 11.6 Å². The zero-order valence-electron chi connectivity index (χ0n) is 15.6. The molecule has 0 N–H and O–H groups in total. The molecular weight excluding hydrogens is 378 g/mol. The van der Waals surface area contributed by atoms with Gasteiger partial charge in [-0.3, -0.25) is 4.31 Å². The molecule has 0 radical (unpaired) electrons. The molecule has 0 spiro atoms. The van der Waals surface area contributed by atoms with Crippen LogP contribution in [0.25, 0.3) is 0 Å². The second-order valence-electron chi connectivity index (χ2n) is 6.68. The summed E-state index contributed by atoms with van der Waals surface area (Å²) in [5, 5.41) is 0.502. The maximum Gasteiger partial charge on any atom is 0.264 e. The van der Waals surface area contributed by atoms with Crippen molar-refractivity contribution < 1.29 is 8.42 Å². The number of benzene rings is 3. The predicted octanol–water partition coefficient (Wildman–Crippen LogP) is 5.91. The quantitative estimate of drug-likeness (QED) is 0.534. The maximum absolute atomic E-state index is 13.5. The van der Waals surface area contributed by atoms with Gasteiger partial charge in [0.15, 0.2) is 0 Å². The topological polar surface area (TPSA) is 37.4 Å². The van der Waals surface area contributed by atoms with Gasteiger partial charge in [-0.15, -0.1) is 0 Å². The lowest BCUT2D eigenvalue weighted by Crippen LogP contribution is -2.33. The third-order valence-corrected chi connectivity index (χ3v) is 6.70. The Morgan fingerprint density at radius 1 is 0.852 bits per heavy atom. The molecule has 3 aromatic rings. The van der Waals surface area contributed by atoms with Crippen molar-refractivity contribution in [2.45, 2.75) is 31.7 Å². The summed E-state index contributed by atoms with van der Waals surface area (Å²) in [5.41, 5.74) is 3.70. The minimum absolute atomic E-state index is 0.215. The SMILES string of the molecule is Cc1ccc([C@H](C)N(c2cccc(C)c2)S(=O)(=O)c2ccc(Cl)cc2)cc1. The Balaban J connectivity index is 2.15. The highest BCUT2D eigenvalue weighted by molar-refractivity contribution is 7.92. The molecule has 0 aliphatic rings. The summed E-state index contributed by atoms with van der Waals surface area (Å²) in [5.74, 6) is 0. The van der Waals surface area contributed by atoms with E-state index in [0.717, 1.165) is 16.7 Å². The Bertz CT molecular complexity index is 1030. The molecule has 0 aliphatic carbocycles. The van der Waals surface area contributed by atoms with Crippen LogP contribution in [0.4, 0.5) is 5.69 Å². The molecule has 140 valence electrons. The second-order valence-corrected chi connectivity index (χ2v) is 8.93. The van der Waals surface area contributed by atoms with E-state index in [0.29, 0.717) is 10.7 Å². The van der Waals surface area contributed by atoms with Crippen LogP contribution in [0, 0.1) is 13.8 Å². The van der Waals surface area contributed by atoms with Crippen LogP contribution in [0.15, 0.2) is 77.7 Å². The molecule has 0 aromatic heterocycles. The van der Waals surface area contributed by atoms with Crippen LogP contribution in [-0.2, 0) is 10.0 Å². The Kier molecular flexibility index (Phi) is 5.59. The number of anilines is 1. The van der Waals surface area contributed by atoms with Crippen molar-refractivity contribution >= 4 is 27.3 Å². The number of nitrogens with zero attached hydrogens (tertiary/aromatic N) is 1. The molecule has 1 atom stereocenters. The van der Waals surface area contributed by atoms with Gasteiger partial charge < -0.3 is 0 Å². The van der Waals surface area contributed by atoms with Crippen LogP contribution in [0.3, 0.4) is 0 Å². The zero-order valence-corrected chi connectivity index (χ0v) is 17.1. The first-order valence-corrected chi connectivity index (χ1v) is 10.5. The first kappa shape index (κ1) is 19.5. The summed E-state index contributed by atoms with van der Waals surface area (Å²) >= 11 is 5.94. The summed E-state index contributed by atoms with van der Waals surface area (Å²) < 4.78 is 28.5. The van der Waals surface area contributed by atoms with Gasteiger partial charge >= 0.3 is 0 Å². The van der Waals surface area contributed by atoms with Gasteiger partial charge in [0, 0.05) is 5.02 Å². The number of halogens is 1. The Hall–Kier alpha value is -2.30. The highest BCUT2D eigenvalue weighted by Crippen LogP contribution is 2.34. The third-order valence-electron chi connectivity index (χ3n) is 4.54. The van der Waals surface area contributed by atoms with E-state index in [-0.39, 0.29) is 10.9 Å². The third kappa shape index (κ3) is 4.18. The molecule has 27 heavy (non-hydrogen) atoms. The molecule has 0 unspecified atom stereocenters. The molecule has 3 nitrogen and oxygen atoms in total. The lowest BCUT2D eigenvalue weighted by molar-refractivity contribution is 0.583. The van der Waals surface area contributed by atoms with Crippen molar-refractivity contribution in [3.8, 4) is 0 Å². The van der Waals surface area contributed by atoms with Gasteiger partial charge in [0.2, 0.25) is 0 Å². The van der Waals surface area contributed by atoms with Gasteiger partial charge in [-0.05, 0) is 68.3 Å². The van der Waals surface area contributed by atoms with Gasteiger partial charge in [-0.25, -0.2) is 8.42 Å². The summed E-state index contributed by atoms with van der Waals surface area (Å²) in [6.45, 7) is 5.87. The van der Waals surface area contributed by atoms with E-state index < -0.39 is 10.0 Å². The summed E-state index contributed by atoms with van der Waals surface area (Å²) in [7, 11) is -3.77. The number of rotatable bonds is 5. The van der Waals surface area contributed by atoms with Crippen LogP contribution < -0.4 is 4.31 Å². The van der Waals surface area contributed by atoms with Gasteiger partial charge in [-0.2, -0.15) is 0 Å². The van der Waals surface area contributed by atoms with Gasteiger partial charge in [-0.1, -0.05) is 53.6 Å². The van der Waals surface area contributed by atoms with Gasteiger partial charge in [0.1, 0.15) is 0 Å². The fraction of sp³-hybridized carbons (Fsp3) is 0.182. The molecule has 0 amide bonds. The summed E-state index contributed by atoms with van der Waals surface area (Å²) in [6, 6.07) is 21.4. The maximum atomic E-state index is 13.5. The van der Waals surface area contributed by atoms with Gasteiger partial charge in [0.05, 0.1) is 16.6 Å². The minimum Gasteiger partial charge on any atom is -0.259 e. The van der Waals surface area contributed by atoms with Crippen molar-refractivity contribution in [2.24, 2.45) is 0 Å².